The van der Waals surface area contributed by atoms with Gasteiger partial charge in [-0.2, -0.15) is 9.61 Å². The highest BCUT2D eigenvalue weighted by atomic mass is 32.1. The predicted molar refractivity (Wildman–Crippen MR) is 83.9 cm³/mol. The lowest BCUT2D eigenvalue weighted by Gasteiger charge is -2.10. The number of methoxy groups -OCH3 is 1. The van der Waals surface area contributed by atoms with E-state index in [1.807, 2.05) is 12.1 Å². The largest absolute Gasteiger partial charge is 0.493 e. The molecule has 2 aromatic heterocycles. The third-order valence-corrected chi connectivity index (χ3v) is 3.99. The number of rotatable bonds is 7. The van der Waals surface area contributed by atoms with Crippen molar-refractivity contribution in [1.29, 1.82) is 0 Å². The van der Waals surface area contributed by atoms with Crippen molar-refractivity contribution in [3.63, 3.8) is 0 Å². The second-order valence-corrected chi connectivity index (χ2v) is 5.63. The first-order chi connectivity index (χ1) is 11.3. The van der Waals surface area contributed by atoms with Crippen LogP contribution >= 0.6 is 11.3 Å². The number of hydrogen-bond acceptors (Lipinski definition) is 7. The van der Waals surface area contributed by atoms with Crippen LogP contribution in [0.2, 0.25) is 0 Å². The molecule has 3 aromatic rings. The summed E-state index contributed by atoms with van der Waals surface area (Å²) in [7, 11) is 1.56. The molecule has 1 aromatic carbocycles. The molecule has 0 spiro atoms. The van der Waals surface area contributed by atoms with Crippen molar-refractivity contribution in [2.45, 2.75) is 6.42 Å². The Morgan fingerprint density at radius 1 is 1.35 bits per heavy atom. The van der Waals surface area contributed by atoms with Crippen LogP contribution in [-0.2, 0) is 11.2 Å². The fraction of sp³-hybridized carbons (Fsp3) is 0.286. The van der Waals surface area contributed by atoms with Crippen LogP contribution in [-0.4, -0.2) is 46.0 Å². The number of nitrogens with zero attached hydrogens (tertiary/aromatic N) is 4. The van der Waals surface area contributed by atoms with Crippen LogP contribution in [0.15, 0.2) is 30.6 Å². The number of hydrogen-bond donors (Lipinski definition) is 1. The van der Waals surface area contributed by atoms with E-state index < -0.39 is 0 Å². The smallest absolute Gasteiger partial charge is 0.257 e. The van der Waals surface area contributed by atoms with Crippen molar-refractivity contribution < 1.29 is 14.3 Å². The number of ether oxygens (including phenoxy) is 2. The van der Waals surface area contributed by atoms with E-state index in [-0.39, 0.29) is 12.5 Å². The van der Waals surface area contributed by atoms with Gasteiger partial charge in [0, 0.05) is 13.0 Å². The highest BCUT2D eigenvalue weighted by molar-refractivity contribution is 7.16. The molecule has 0 saturated carbocycles. The standard InChI is InChI=1S/C14H15N5O3S/c1-21-10-4-2-3-5-11(10)22-8-12(20)15-7-6-13-18-19-9-16-17-14(19)23-13/h2-5,9H,6-8H2,1H3,(H,15,20). The van der Waals surface area contributed by atoms with Gasteiger partial charge in [0.05, 0.1) is 7.11 Å². The lowest BCUT2D eigenvalue weighted by atomic mass is 10.3. The van der Waals surface area contributed by atoms with Gasteiger partial charge in [-0.3, -0.25) is 4.79 Å². The van der Waals surface area contributed by atoms with Gasteiger partial charge in [0.15, 0.2) is 18.1 Å². The van der Waals surface area contributed by atoms with Crippen molar-refractivity contribution in [3.8, 4) is 11.5 Å². The highest BCUT2D eigenvalue weighted by Gasteiger charge is 2.08. The van der Waals surface area contributed by atoms with Crippen LogP contribution in [0.4, 0.5) is 0 Å². The molecule has 3 rings (SSSR count). The van der Waals surface area contributed by atoms with Gasteiger partial charge < -0.3 is 14.8 Å². The molecule has 0 aliphatic carbocycles. The molecule has 0 unspecified atom stereocenters. The molecule has 0 atom stereocenters. The molecule has 0 aliphatic heterocycles. The van der Waals surface area contributed by atoms with E-state index in [4.69, 9.17) is 9.47 Å². The molecule has 0 bridgehead atoms. The van der Waals surface area contributed by atoms with E-state index in [1.54, 1.807) is 30.1 Å². The number of carbonyl (C=O) groups is 1. The van der Waals surface area contributed by atoms with E-state index in [1.165, 1.54) is 11.3 Å². The van der Waals surface area contributed by atoms with Gasteiger partial charge in [0.1, 0.15) is 11.3 Å². The minimum Gasteiger partial charge on any atom is -0.493 e. The molecule has 0 radical (unpaired) electrons. The lowest BCUT2D eigenvalue weighted by molar-refractivity contribution is -0.123. The molecule has 0 saturated heterocycles. The Balaban J connectivity index is 1.43. The molecule has 1 N–H and O–H groups in total. The van der Waals surface area contributed by atoms with Crippen LogP contribution in [0.25, 0.3) is 4.96 Å². The van der Waals surface area contributed by atoms with E-state index in [2.05, 4.69) is 20.6 Å². The summed E-state index contributed by atoms with van der Waals surface area (Å²) in [5, 5.41) is 15.6. The van der Waals surface area contributed by atoms with E-state index in [9.17, 15) is 4.79 Å². The summed E-state index contributed by atoms with van der Waals surface area (Å²) in [5.74, 6) is 0.942. The molecule has 0 aliphatic rings. The van der Waals surface area contributed by atoms with Crippen LogP contribution in [0, 0.1) is 0 Å². The average molecular weight is 333 g/mol. The van der Waals surface area contributed by atoms with Gasteiger partial charge in [-0.05, 0) is 12.1 Å². The third kappa shape index (κ3) is 3.75. The minimum atomic E-state index is -0.195. The van der Waals surface area contributed by atoms with Crippen LogP contribution in [0.5, 0.6) is 11.5 Å². The second kappa shape index (κ2) is 7.05. The van der Waals surface area contributed by atoms with E-state index in [0.717, 1.165) is 9.97 Å². The van der Waals surface area contributed by atoms with Crippen molar-refractivity contribution in [1.82, 2.24) is 25.1 Å². The second-order valence-electron chi connectivity index (χ2n) is 4.59. The number of aromatic nitrogens is 4. The minimum absolute atomic E-state index is 0.0640. The molecular formula is C14H15N5O3S. The molecule has 8 nitrogen and oxygen atoms in total. The van der Waals surface area contributed by atoms with Crippen LogP contribution in [0.1, 0.15) is 5.01 Å². The molecule has 9 heteroatoms. The SMILES string of the molecule is COc1ccccc1OCC(=O)NCCc1nn2cnnc2s1. The number of amides is 1. The summed E-state index contributed by atoms with van der Waals surface area (Å²) in [4.78, 5) is 12.5. The van der Waals surface area contributed by atoms with E-state index in [0.29, 0.717) is 24.5 Å². The summed E-state index contributed by atoms with van der Waals surface area (Å²) in [6.45, 7) is 0.420. The Morgan fingerprint density at radius 2 is 2.17 bits per heavy atom. The molecule has 0 fully saturated rings. The fourth-order valence-corrected chi connectivity index (χ4v) is 2.76. The zero-order valence-corrected chi connectivity index (χ0v) is 13.2. The maximum atomic E-state index is 11.8. The average Bonchev–Trinajstić information content (AvgIpc) is 3.14. The van der Waals surface area contributed by atoms with Crippen molar-refractivity contribution in [2.75, 3.05) is 20.3 Å². The summed E-state index contributed by atoms with van der Waals surface area (Å²) >= 11 is 1.45. The predicted octanol–water partition coefficient (Wildman–Crippen LogP) is 0.932. The van der Waals surface area contributed by atoms with Crippen molar-refractivity contribution in [2.24, 2.45) is 0 Å². The quantitative estimate of drug-likeness (QED) is 0.692. The maximum absolute atomic E-state index is 11.8. The van der Waals surface area contributed by atoms with Gasteiger partial charge in [-0.15, -0.1) is 10.2 Å². The molecule has 120 valence electrons. The van der Waals surface area contributed by atoms with Gasteiger partial charge in [-0.25, -0.2) is 0 Å². The zero-order valence-electron chi connectivity index (χ0n) is 12.4. The normalized spacial score (nSPS) is 10.7. The van der Waals surface area contributed by atoms with Crippen molar-refractivity contribution in [3.05, 3.63) is 35.6 Å². The Hall–Kier alpha value is -2.68. The number of nitrogens with one attached hydrogen (secondary N) is 1. The molecule has 23 heavy (non-hydrogen) atoms. The zero-order chi connectivity index (χ0) is 16.1. The van der Waals surface area contributed by atoms with Crippen LogP contribution in [0.3, 0.4) is 0 Å². The first kappa shape index (κ1) is 15.2. The highest BCUT2D eigenvalue weighted by Crippen LogP contribution is 2.25. The van der Waals surface area contributed by atoms with Crippen molar-refractivity contribution >= 4 is 22.2 Å². The van der Waals surface area contributed by atoms with Gasteiger partial charge in [0.25, 0.3) is 5.91 Å². The number of carbonyl (C=O) groups excluding carboxylic acids is 1. The number of para-hydroxylation sites is 2. The summed E-state index contributed by atoms with van der Waals surface area (Å²) < 4.78 is 12.2. The molecule has 2 heterocycles. The molecular weight excluding hydrogens is 318 g/mol. The Labute approximate surface area is 136 Å². The lowest BCUT2D eigenvalue weighted by Crippen LogP contribution is -2.30. The Bertz CT molecular complexity index is 772. The fourth-order valence-electron chi connectivity index (χ4n) is 1.94. The Morgan fingerprint density at radius 3 is 2.96 bits per heavy atom. The summed E-state index contributed by atoms with van der Waals surface area (Å²) in [5.41, 5.74) is 0. The number of fused-ring (bicyclic) bond motifs is 1. The third-order valence-electron chi connectivity index (χ3n) is 3.02. The van der Waals surface area contributed by atoms with E-state index >= 15 is 0 Å². The van der Waals surface area contributed by atoms with Gasteiger partial charge in [-0.1, -0.05) is 23.5 Å². The first-order valence-corrected chi connectivity index (χ1v) is 7.76. The van der Waals surface area contributed by atoms with Gasteiger partial charge in [0.2, 0.25) is 4.96 Å². The first-order valence-electron chi connectivity index (χ1n) is 6.94. The maximum Gasteiger partial charge on any atom is 0.257 e. The van der Waals surface area contributed by atoms with Crippen LogP contribution < -0.4 is 14.8 Å². The van der Waals surface area contributed by atoms with Gasteiger partial charge >= 0.3 is 0 Å². The summed E-state index contributed by atoms with van der Waals surface area (Å²) in [6, 6.07) is 7.20. The Kier molecular flexibility index (Phi) is 4.67. The molecule has 1 amide bonds. The topological polar surface area (TPSA) is 90.6 Å². The summed E-state index contributed by atoms with van der Waals surface area (Å²) in [6.07, 6.45) is 2.18. The monoisotopic (exact) mass is 333 g/mol. The number of benzene rings is 1.